The van der Waals surface area contributed by atoms with E-state index in [1.807, 2.05) is 62.4 Å². The number of hydrogen-bond acceptors (Lipinski definition) is 6. The Bertz CT molecular complexity index is 1290. The molecule has 4 aromatic rings. The molecule has 4 rings (SSSR count). The minimum absolute atomic E-state index is 0.174. The van der Waals surface area contributed by atoms with Gasteiger partial charge in [-0.2, -0.15) is 9.50 Å². The average Bonchev–Trinajstić information content (AvgIpc) is 3.30. The van der Waals surface area contributed by atoms with Crippen LogP contribution in [0.15, 0.2) is 47.3 Å². The molecule has 160 valence electrons. The summed E-state index contributed by atoms with van der Waals surface area (Å²) in [7, 11) is 0. The molecule has 0 bridgehead atoms. The van der Waals surface area contributed by atoms with E-state index in [-0.39, 0.29) is 5.56 Å². The fraction of sp³-hybridized carbons (Fsp3) is 0.292. The van der Waals surface area contributed by atoms with Crippen molar-refractivity contribution in [1.29, 1.82) is 0 Å². The average molecular weight is 436 g/mol. The number of aryl methyl sites for hydroxylation is 1. The van der Waals surface area contributed by atoms with Gasteiger partial charge in [0.15, 0.2) is 17.3 Å². The van der Waals surface area contributed by atoms with Crippen molar-refractivity contribution in [3.8, 4) is 22.9 Å². The number of aromatic nitrogens is 3. The van der Waals surface area contributed by atoms with E-state index in [0.717, 1.165) is 29.7 Å². The van der Waals surface area contributed by atoms with Crippen LogP contribution in [0.3, 0.4) is 0 Å². The van der Waals surface area contributed by atoms with Crippen molar-refractivity contribution >= 4 is 22.4 Å². The first-order valence-electron chi connectivity index (χ1n) is 10.5. The highest BCUT2D eigenvalue weighted by Crippen LogP contribution is 2.29. The van der Waals surface area contributed by atoms with E-state index in [2.05, 4.69) is 17.0 Å². The second-order valence-electron chi connectivity index (χ2n) is 7.25. The number of ether oxygens (including phenoxy) is 2. The van der Waals surface area contributed by atoms with Gasteiger partial charge in [-0.3, -0.25) is 4.79 Å². The molecule has 0 spiro atoms. The third-order valence-corrected chi connectivity index (χ3v) is 5.77. The fourth-order valence-electron chi connectivity index (χ4n) is 3.14. The highest BCUT2D eigenvalue weighted by atomic mass is 32.1. The van der Waals surface area contributed by atoms with Gasteiger partial charge in [0.25, 0.3) is 5.56 Å². The molecular formula is C24H25N3O3S. The quantitative estimate of drug-likeness (QED) is 0.387. The molecule has 0 saturated heterocycles. The summed E-state index contributed by atoms with van der Waals surface area (Å²) in [5.41, 5.74) is 2.75. The van der Waals surface area contributed by atoms with Crippen LogP contribution in [0.25, 0.3) is 22.4 Å². The van der Waals surface area contributed by atoms with E-state index in [4.69, 9.17) is 9.47 Å². The molecule has 7 heteroatoms. The number of fused-ring (bicyclic) bond motifs is 1. The Kier molecular flexibility index (Phi) is 6.32. The molecule has 0 radical (unpaired) electrons. The van der Waals surface area contributed by atoms with Gasteiger partial charge in [0.05, 0.1) is 17.7 Å². The van der Waals surface area contributed by atoms with Crippen LogP contribution in [0, 0.1) is 6.92 Å². The van der Waals surface area contributed by atoms with Gasteiger partial charge >= 0.3 is 0 Å². The van der Waals surface area contributed by atoms with Gasteiger partial charge in [-0.15, -0.1) is 5.10 Å². The molecule has 0 N–H and O–H groups in total. The molecule has 2 aromatic carbocycles. The van der Waals surface area contributed by atoms with Crippen molar-refractivity contribution in [2.24, 2.45) is 0 Å². The lowest BCUT2D eigenvalue weighted by Gasteiger charge is -2.12. The van der Waals surface area contributed by atoms with Crippen molar-refractivity contribution in [2.45, 2.75) is 33.6 Å². The predicted molar refractivity (Wildman–Crippen MR) is 124 cm³/mol. The first-order valence-corrected chi connectivity index (χ1v) is 11.3. The Morgan fingerprint density at radius 2 is 1.87 bits per heavy atom. The molecule has 0 saturated carbocycles. The van der Waals surface area contributed by atoms with E-state index in [0.29, 0.717) is 34.3 Å². The van der Waals surface area contributed by atoms with Crippen LogP contribution in [-0.2, 0) is 0 Å². The molecule has 0 unspecified atom stereocenters. The fourth-order valence-corrected chi connectivity index (χ4v) is 4.05. The molecular weight excluding hydrogens is 410 g/mol. The van der Waals surface area contributed by atoms with E-state index >= 15 is 0 Å². The zero-order valence-corrected chi connectivity index (χ0v) is 18.7. The summed E-state index contributed by atoms with van der Waals surface area (Å²) < 4.78 is 13.5. The Morgan fingerprint density at radius 1 is 1.06 bits per heavy atom. The number of rotatable bonds is 8. The van der Waals surface area contributed by atoms with Gasteiger partial charge in [-0.1, -0.05) is 60.6 Å². The summed E-state index contributed by atoms with van der Waals surface area (Å²) >= 11 is 1.33. The summed E-state index contributed by atoms with van der Waals surface area (Å²) in [5.74, 6) is 1.96. The number of thiazole rings is 1. The highest BCUT2D eigenvalue weighted by molar-refractivity contribution is 7.15. The molecule has 2 aromatic heterocycles. The molecule has 0 atom stereocenters. The van der Waals surface area contributed by atoms with Gasteiger partial charge in [-0.05, 0) is 44.0 Å². The summed E-state index contributed by atoms with van der Waals surface area (Å²) in [6, 6.07) is 13.7. The normalized spacial score (nSPS) is 11.9. The zero-order chi connectivity index (χ0) is 21.8. The third-order valence-electron chi connectivity index (χ3n) is 4.81. The number of nitrogens with zero attached hydrogens (tertiary/aromatic N) is 3. The van der Waals surface area contributed by atoms with Gasteiger partial charge in [0, 0.05) is 5.56 Å². The van der Waals surface area contributed by atoms with E-state index < -0.39 is 0 Å². The van der Waals surface area contributed by atoms with Crippen LogP contribution in [0.4, 0.5) is 0 Å². The third kappa shape index (κ3) is 4.61. The number of unbranched alkanes of at least 4 members (excludes halogenated alkanes) is 1. The summed E-state index contributed by atoms with van der Waals surface area (Å²) in [6.45, 7) is 7.29. The van der Waals surface area contributed by atoms with Crippen molar-refractivity contribution in [1.82, 2.24) is 14.6 Å². The minimum atomic E-state index is -0.174. The van der Waals surface area contributed by atoms with Crippen LogP contribution in [0.1, 0.15) is 37.8 Å². The summed E-state index contributed by atoms with van der Waals surface area (Å²) in [5, 5.41) is 4.42. The molecule has 0 aliphatic heterocycles. The van der Waals surface area contributed by atoms with Crippen molar-refractivity contribution in [3.05, 3.63) is 68.5 Å². The van der Waals surface area contributed by atoms with Crippen molar-refractivity contribution in [2.75, 3.05) is 13.2 Å². The maximum atomic E-state index is 12.9. The van der Waals surface area contributed by atoms with Gasteiger partial charge in [0.2, 0.25) is 4.96 Å². The first-order chi connectivity index (χ1) is 15.1. The summed E-state index contributed by atoms with van der Waals surface area (Å²) in [6.07, 6.45) is 3.90. The Hall–Kier alpha value is -3.19. The molecule has 31 heavy (non-hydrogen) atoms. The van der Waals surface area contributed by atoms with Gasteiger partial charge in [-0.25, -0.2) is 0 Å². The lowest BCUT2D eigenvalue weighted by atomic mass is 10.1. The van der Waals surface area contributed by atoms with Gasteiger partial charge in [0.1, 0.15) is 0 Å². The number of hydrogen-bond donors (Lipinski definition) is 0. The smallest absolute Gasteiger partial charge is 0.291 e. The van der Waals surface area contributed by atoms with Crippen LogP contribution in [0.5, 0.6) is 11.5 Å². The van der Waals surface area contributed by atoms with Crippen LogP contribution < -0.4 is 19.6 Å². The zero-order valence-electron chi connectivity index (χ0n) is 17.9. The minimum Gasteiger partial charge on any atom is -0.490 e. The molecule has 0 amide bonds. The molecule has 2 heterocycles. The highest BCUT2D eigenvalue weighted by Gasteiger charge is 2.12. The Labute approximate surface area is 184 Å². The SMILES string of the molecule is CCCCOc1ccc(/C=c2\sc3nc(-c4ccc(C)cc4)nn3c2=O)cc1OCC. The monoisotopic (exact) mass is 435 g/mol. The summed E-state index contributed by atoms with van der Waals surface area (Å²) in [4.78, 5) is 18.0. The van der Waals surface area contributed by atoms with Crippen LogP contribution in [-0.4, -0.2) is 27.8 Å². The van der Waals surface area contributed by atoms with E-state index in [9.17, 15) is 4.79 Å². The maximum absolute atomic E-state index is 12.9. The van der Waals surface area contributed by atoms with Crippen molar-refractivity contribution < 1.29 is 9.47 Å². The lowest BCUT2D eigenvalue weighted by Crippen LogP contribution is -2.23. The Balaban J connectivity index is 1.66. The maximum Gasteiger partial charge on any atom is 0.291 e. The second kappa shape index (κ2) is 9.31. The van der Waals surface area contributed by atoms with Crippen LogP contribution in [0.2, 0.25) is 0 Å². The molecule has 6 nitrogen and oxygen atoms in total. The standard InChI is InChI=1S/C24H25N3O3S/c1-4-6-13-30-19-12-9-17(14-20(19)29-5-2)15-21-23(28)27-24(31-21)25-22(26-27)18-10-7-16(3)8-11-18/h7-12,14-15H,4-6,13H2,1-3H3/b21-15-. The van der Waals surface area contributed by atoms with Crippen molar-refractivity contribution in [3.63, 3.8) is 0 Å². The molecule has 0 aliphatic rings. The lowest BCUT2D eigenvalue weighted by molar-refractivity contribution is 0.272. The van der Waals surface area contributed by atoms with E-state index in [1.54, 1.807) is 0 Å². The Morgan fingerprint density at radius 3 is 2.58 bits per heavy atom. The predicted octanol–water partition coefficient (Wildman–Crippen LogP) is 4.25. The molecule has 0 fully saturated rings. The largest absolute Gasteiger partial charge is 0.490 e. The first kappa shape index (κ1) is 21.1. The van der Waals surface area contributed by atoms with Crippen LogP contribution >= 0.6 is 11.3 Å². The molecule has 0 aliphatic carbocycles. The topological polar surface area (TPSA) is 65.7 Å². The van der Waals surface area contributed by atoms with E-state index in [1.165, 1.54) is 21.4 Å². The number of benzene rings is 2. The second-order valence-corrected chi connectivity index (χ2v) is 8.26. The van der Waals surface area contributed by atoms with Gasteiger partial charge < -0.3 is 9.47 Å².